The highest BCUT2D eigenvalue weighted by Crippen LogP contribution is 2.18. The van der Waals surface area contributed by atoms with Gasteiger partial charge in [-0.3, -0.25) is 4.79 Å². The van der Waals surface area contributed by atoms with Crippen molar-refractivity contribution >= 4 is 17.6 Å². The van der Waals surface area contributed by atoms with Crippen LogP contribution in [0.25, 0.3) is 0 Å². The van der Waals surface area contributed by atoms with Crippen LogP contribution >= 0.6 is 0 Å². The maximum atomic E-state index is 12.1. The second-order valence-corrected chi connectivity index (χ2v) is 6.11. The predicted octanol–water partition coefficient (Wildman–Crippen LogP) is 3.67. The number of anilines is 1. The first-order chi connectivity index (χ1) is 13.5. The van der Waals surface area contributed by atoms with Crippen LogP contribution in [-0.2, 0) is 16.1 Å². The van der Waals surface area contributed by atoms with Crippen LogP contribution in [0.2, 0.25) is 0 Å². The van der Waals surface area contributed by atoms with Crippen LogP contribution in [0.15, 0.2) is 59.1 Å². The normalized spacial score (nSPS) is 10.4. The molecule has 0 radical (unpaired) electrons. The van der Waals surface area contributed by atoms with Crippen LogP contribution in [0, 0.1) is 13.8 Å². The lowest BCUT2D eigenvalue weighted by atomic mass is 10.2. The van der Waals surface area contributed by atoms with E-state index in [1.807, 2.05) is 19.9 Å². The number of hydrogen-bond acceptors (Lipinski definition) is 6. The van der Waals surface area contributed by atoms with Crippen LogP contribution in [-0.4, -0.2) is 23.6 Å². The van der Waals surface area contributed by atoms with Gasteiger partial charge < -0.3 is 19.3 Å². The molecule has 0 spiro atoms. The zero-order valence-corrected chi connectivity index (χ0v) is 15.6. The Morgan fingerprint density at radius 3 is 2.39 bits per heavy atom. The van der Waals surface area contributed by atoms with Gasteiger partial charge in [0, 0.05) is 5.69 Å². The Morgan fingerprint density at radius 1 is 1.04 bits per heavy atom. The molecule has 1 N–H and O–H groups in total. The highest BCUT2D eigenvalue weighted by molar-refractivity contribution is 5.95. The van der Waals surface area contributed by atoms with E-state index in [2.05, 4.69) is 10.5 Å². The van der Waals surface area contributed by atoms with Crippen molar-refractivity contribution in [3.8, 4) is 5.75 Å². The SMILES string of the molecule is Cc1noc(C)c1COc1ccc(C(=O)OCC(=O)Nc2ccccc2)cc1. The van der Waals surface area contributed by atoms with Crippen molar-refractivity contribution in [2.75, 3.05) is 11.9 Å². The third kappa shape index (κ3) is 4.97. The van der Waals surface area contributed by atoms with E-state index in [4.69, 9.17) is 14.0 Å². The maximum Gasteiger partial charge on any atom is 0.338 e. The summed E-state index contributed by atoms with van der Waals surface area (Å²) < 4.78 is 15.8. The lowest BCUT2D eigenvalue weighted by Crippen LogP contribution is -2.20. The van der Waals surface area contributed by atoms with Crippen molar-refractivity contribution < 1.29 is 23.6 Å². The Morgan fingerprint density at radius 2 is 1.75 bits per heavy atom. The van der Waals surface area contributed by atoms with Crippen molar-refractivity contribution in [2.45, 2.75) is 20.5 Å². The quantitative estimate of drug-likeness (QED) is 0.629. The van der Waals surface area contributed by atoms with E-state index < -0.39 is 11.9 Å². The third-order valence-electron chi connectivity index (χ3n) is 4.05. The van der Waals surface area contributed by atoms with Gasteiger partial charge in [0.2, 0.25) is 0 Å². The summed E-state index contributed by atoms with van der Waals surface area (Å²) in [6.07, 6.45) is 0. The highest BCUT2D eigenvalue weighted by Gasteiger charge is 2.12. The molecular weight excluding hydrogens is 360 g/mol. The largest absolute Gasteiger partial charge is 0.489 e. The number of esters is 1. The van der Waals surface area contributed by atoms with Gasteiger partial charge in [-0.25, -0.2) is 4.79 Å². The number of ether oxygens (including phenoxy) is 2. The van der Waals surface area contributed by atoms with Crippen LogP contribution in [0.5, 0.6) is 5.75 Å². The summed E-state index contributed by atoms with van der Waals surface area (Å²) in [6.45, 7) is 3.64. The van der Waals surface area contributed by atoms with Gasteiger partial charge in [0.1, 0.15) is 18.1 Å². The average molecular weight is 380 g/mol. The fraction of sp³-hybridized carbons (Fsp3) is 0.190. The predicted molar refractivity (Wildman–Crippen MR) is 102 cm³/mol. The number of carbonyl (C=O) groups excluding carboxylic acids is 2. The number of para-hydroxylation sites is 1. The van der Waals surface area contributed by atoms with Crippen molar-refractivity contribution in [1.29, 1.82) is 0 Å². The number of nitrogens with one attached hydrogen (secondary N) is 1. The molecule has 144 valence electrons. The summed E-state index contributed by atoms with van der Waals surface area (Å²) in [6, 6.07) is 15.4. The zero-order valence-electron chi connectivity index (χ0n) is 15.6. The summed E-state index contributed by atoms with van der Waals surface area (Å²) in [5, 5.41) is 6.53. The van der Waals surface area contributed by atoms with Gasteiger partial charge in [0.15, 0.2) is 6.61 Å². The number of amides is 1. The number of rotatable bonds is 7. The van der Waals surface area contributed by atoms with Crippen molar-refractivity contribution in [2.24, 2.45) is 0 Å². The molecule has 2 aromatic carbocycles. The molecule has 3 aromatic rings. The molecule has 3 rings (SSSR count). The number of aromatic nitrogens is 1. The fourth-order valence-corrected chi connectivity index (χ4v) is 2.48. The van der Waals surface area contributed by atoms with Crippen LogP contribution in [0.4, 0.5) is 5.69 Å². The first kappa shape index (κ1) is 19.2. The summed E-state index contributed by atoms with van der Waals surface area (Å²) in [7, 11) is 0. The van der Waals surface area contributed by atoms with Gasteiger partial charge in [-0.2, -0.15) is 0 Å². The molecule has 0 bridgehead atoms. The number of nitrogens with zero attached hydrogens (tertiary/aromatic N) is 1. The van der Waals surface area contributed by atoms with Gasteiger partial charge in [0.05, 0.1) is 16.8 Å². The molecule has 1 amide bonds. The standard InChI is InChI=1S/C21H20N2O5/c1-14-19(15(2)28-23-14)12-26-18-10-8-16(9-11-18)21(25)27-13-20(24)22-17-6-4-3-5-7-17/h3-11H,12-13H2,1-2H3,(H,22,24). The number of carbonyl (C=O) groups is 2. The molecule has 28 heavy (non-hydrogen) atoms. The second-order valence-electron chi connectivity index (χ2n) is 6.11. The van der Waals surface area contributed by atoms with Gasteiger partial charge in [-0.05, 0) is 50.2 Å². The maximum absolute atomic E-state index is 12.1. The number of aryl methyl sites for hydroxylation is 2. The minimum absolute atomic E-state index is 0.324. The smallest absolute Gasteiger partial charge is 0.338 e. The Hall–Kier alpha value is -3.61. The minimum atomic E-state index is -0.583. The first-order valence-electron chi connectivity index (χ1n) is 8.69. The topological polar surface area (TPSA) is 90.7 Å². The van der Waals surface area contributed by atoms with Gasteiger partial charge in [-0.1, -0.05) is 23.4 Å². The molecular formula is C21H20N2O5. The molecule has 0 atom stereocenters. The third-order valence-corrected chi connectivity index (χ3v) is 4.05. The molecule has 0 aliphatic heterocycles. The molecule has 0 fully saturated rings. The van der Waals surface area contributed by atoms with E-state index >= 15 is 0 Å². The second kappa shape index (κ2) is 8.85. The number of hydrogen-bond donors (Lipinski definition) is 1. The molecule has 0 unspecified atom stereocenters. The lowest BCUT2D eigenvalue weighted by molar-refractivity contribution is -0.119. The first-order valence-corrected chi connectivity index (χ1v) is 8.69. The van der Waals surface area contributed by atoms with E-state index in [1.54, 1.807) is 48.5 Å². The monoisotopic (exact) mass is 380 g/mol. The minimum Gasteiger partial charge on any atom is -0.489 e. The van der Waals surface area contributed by atoms with Gasteiger partial charge in [-0.15, -0.1) is 0 Å². The molecule has 1 aromatic heterocycles. The van der Waals surface area contributed by atoms with E-state index in [1.165, 1.54) is 0 Å². The molecule has 0 saturated carbocycles. The van der Waals surface area contributed by atoms with E-state index in [9.17, 15) is 9.59 Å². The van der Waals surface area contributed by atoms with Crippen molar-refractivity contribution in [3.05, 3.63) is 77.2 Å². The van der Waals surface area contributed by atoms with Gasteiger partial charge >= 0.3 is 5.97 Å². The molecule has 7 nitrogen and oxygen atoms in total. The van der Waals surface area contributed by atoms with Crippen LogP contribution in [0.3, 0.4) is 0 Å². The van der Waals surface area contributed by atoms with Crippen molar-refractivity contribution in [3.63, 3.8) is 0 Å². The molecule has 0 saturated heterocycles. The number of benzene rings is 2. The summed E-state index contributed by atoms with van der Waals surface area (Å²) >= 11 is 0. The lowest BCUT2D eigenvalue weighted by Gasteiger charge is -2.08. The Balaban J connectivity index is 1.48. The summed E-state index contributed by atoms with van der Waals surface area (Å²) in [4.78, 5) is 23.9. The van der Waals surface area contributed by atoms with Gasteiger partial charge in [0.25, 0.3) is 5.91 Å². The Bertz CT molecular complexity index is 929. The zero-order chi connectivity index (χ0) is 19.9. The fourth-order valence-electron chi connectivity index (χ4n) is 2.48. The molecule has 7 heteroatoms. The highest BCUT2D eigenvalue weighted by atomic mass is 16.5. The van der Waals surface area contributed by atoms with E-state index in [0.717, 1.165) is 11.3 Å². The Kier molecular flexibility index (Phi) is 6.06. The van der Waals surface area contributed by atoms with E-state index in [0.29, 0.717) is 29.4 Å². The summed E-state index contributed by atoms with van der Waals surface area (Å²) in [5.41, 5.74) is 2.65. The van der Waals surface area contributed by atoms with E-state index in [-0.39, 0.29) is 6.61 Å². The molecule has 0 aliphatic rings. The van der Waals surface area contributed by atoms with Crippen molar-refractivity contribution in [1.82, 2.24) is 5.16 Å². The average Bonchev–Trinajstić information content (AvgIpc) is 3.03. The molecule has 0 aliphatic carbocycles. The molecule has 1 heterocycles. The van der Waals surface area contributed by atoms with Crippen LogP contribution in [0.1, 0.15) is 27.4 Å². The van der Waals surface area contributed by atoms with Crippen LogP contribution < -0.4 is 10.1 Å². The summed E-state index contributed by atoms with van der Waals surface area (Å²) in [5.74, 6) is 0.323. The Labute approximate surface area is 162 Å².